The van der Waals surface area contributed by atoms with E-state index in [0.717, 1.165) is 5.56 Å². The molecule has 4 rings (SSSR count). The lowest BCUT2D eigenvalue weighted by molar-refractivity contribution is -0.123. The second kappa shape index (κ2) is 8.62. The van der Waals surface area contributed by atoms with Gasteiger partial charge in [-0.1, -0.05) is 54.6 Å². The average molecular weight is 412 g/mol. The van der Waals surface area contributed by atoms with Gasteiger partial charge in [0.25, 0.3) is 11.5 Å². The molecule has 0 bridgehead atoms. The van der Waals surface area contributed by atoms with Crippen molar-refractivity contribution in [2.75, 3.05) is 0 Å². The zero-order valence-corrected chi connectivity index (χ0v) is 16.8. The van der Waals surface area contributed by atoms with E-state index in [2.05, 4.69) is 15.5 Å². The van der Waals surface area contributed by atoms with Gasteiger partial charge in [-0.25, -0.2) is 10.4 Å². The van der Waals surface area contributed by atoms with Gasteiger partial charge in [0.2, 0.25) is 0 Å². The lowest BCUT2D eigenvalue weighted by Crippen LogP contribution is -2.35. The highest BCUT2D eigenvalue weighted by Crippen LogP contribution is 2.22. The highest BCUT2D eigenvalue weighted by Gasteiger charge is 2.22. The monoisotopic (exact) mass is 412 g/mol. The molecule has 7 heteroatoms. The number of aromatic hydroxyl groups is 1. The Balaban J connectivity index is 1.72. The largest absolute Gasteiger partial charge is 0.507 e. The van der Waals surface area contributed by atoms with Crippen molar-refractivity contribution in [1.29, 1.82) is 0 Å². The summed E-state index contributed by atoms with van der Waals surface area (Å²) in [5.74, 6) is -0.0328. The zero-order chi connectivity index (χ0) is 21.8. The molecule has 1 amide bonds. The van der Waals surface area contributed by atoms with E-state index in [9.17, 15) is 14.7 Å². The average Bonchev–Trinajstić information content (AvgIpc) is 2.80. The van der Waals surface area contributed by atoms with E-state index in [1.54, 1.807) is 43.3 Å². The summed E-state index contributed by atoms with van der Waals surface area (Å²) in [6.07, 6.45) is 1.35. The molecule has 3 aromatic carbocycles. The summed E-state index contributed by atoms with van der Waals surface area (Å²) in [7, 11) is 0. The Morgan fingerprint density at radius 2 is 1.71 bits per heavy atom. The van der Waals surface area contributed by atoms with Gasteiger partial charge < -0.3 is 5.11 Å². The number of hydrazone groups is 1. The Morgan fingerprint density at radius 1 is 1.03 bits per heavy atom. The van der Waals surface area contributed by atoms with Gasteiger partial charge in [-0.05, 0) is 31.2 Å². The molecule has 1 unspecified atom stereocenters. The first-order valence-electron chi connectivity index (χ1n) is 9.74. The number of phenolic OH excluding ortho intramolecular Hbond substituents is 1. The van der Waals surface area contributed by atoms with Crippen LogP contribution in [0, 0.1) is 0 Å². The molecule has 0 fully saturated rings. The zero-order valence-electron chi connectivity index (χ0n) is 16.8. The third-order valence-electron chi connectivity index (χ3n) is 4.92. The molecule has 1 atom stereocenters. The lowest BCUT2D eigenvalue weighted by Gasteiger charge is -2.18. The normalized spacial score (nSPS) is 12.2. The van der Waals surface area contributed by atoms with Gasteiger partial charge in [0.1, 0.15) is 17.6 Å². The molecule has 1 aromatic heterocycles. The number of carbonyl (C=O) groups excluding carboxylic acids is 1. The molecule has 31 heavy (non-hydrogen) atoms. The van der Waals surface area contributed by atoms with E-state index in [4.69, 9.17) is 0 Å². The molecule has 0 spiro atoms. The van der Waals surface area contributed by atoms with Crippen molar-refractivity contribution in [2.45, 2.75) is 13.0 Å². The summed E-state index contributed by atoms with van der Waals surface area (Å²) in [4.78, 5) is 30.8. The number of hydrogen-bond donors (Lipinski definition) is 2. The fourth-order valence-electron chi connectivity index (χ4n) is 3.27. The fraction of sp³-hybridized carbons (Fsp3) is 0.0833. The molecule has 1 heterocycles. The molecule has 0 aliphatic heterocycles. The first-order valence-corrected chi connectivity index (χ1v) is 9.74. The standard InChI is InChI=1S/C24H20N4O3/c1-16(23(30)27-25-15-18-11-5-8-14-21(18)29)28-22(17-9-3-2-4-10-17)26-20-13-7-6-12-19(20)24(28)31/h2-16,29H,1H3,(H,27,30)/b25-15+. The Bertz CT molecular complexity index is 1330. The third kappa shape index (κ3) is 4.06. The minimum Gasteiger partial charge on any atom is -0.507 e. The van der Waals surface area contributed by atoms with Crippen LogP contribution in [0.3, 0.4) is 0 Å². The van der Waals surface area contributed by atoms with Crippen molar-refractivity contribution < 1.29 is 9.90 Å². The number of amides is 1. The van der Waals surface area contributed by atoms with Gasteiger partial charge >= 0.3 is 0 Å². The number of rotatable bonds is 5. The molecule has 0 aliphatic carbocycles. The smallest absolute Gasteiger partial charge is 0.263 e. The van der Waals surface area contributed by atoms with Crippen LogP contribution in [0.2, 0.25) is 0 Å². The molecule has 0 aliphatic rings. The van der Waals surface area contributed by atoms with Crippen molar-refractivity contribution in [3.05, 3.63) is 94.8 Å². The van der Waals surface area contributed by atoms with Crippen LogP contribution < -0.4 is 11.0 Å². The molecule has 4 aromatic rings. The maximum absolute atomic E-state index is 13.3. The second-order valence-electron chi connectivity index (χ2n) is 6.96. The van der Waals surface area contributed by atoms with Crippen LogP contribution in [0.15, 0.2) is 88.8 Å². The molecule has 0 saturated heterocycles. The molecular weight excluding hydrogens is 392 g/mol. The Labute approximate surface area is 178 Å². The molecule has 0 radical (unpaired) electrons. The summed E-state index contributed by atoms with van der Waals surface area (Å²) in [5.41, 5.74) is 3.88. The predicted molar refractivity (Wildman–Crippen MR) is 120 cm³/mol. The number of fused-ring (bicyclic) bond motifs is 1. The van der Waals surface area contributed by atoms with E-state index in [-0.39, 0.29) is 11.3 Å². The predicted octanol–water partition coefficient (Wildman–Crippen LogP) is 3.48. The van der Waals surface area contributed by atoms with Gasteiger partial charge in [-0.2, -0.15) is 5.10 Å². The molecule has 7 nitrogen and oxygen atoms in total. The Morgan fingerprint density at radius 3 is 2.48 bits per heavy atom. The quantitative estimate of drug-likeness (QED) is 0.387. The lowest BCUT2D eigenvalue weighted by atomic mass is 10.1. The first-order chi connectivity index (χ1) is 15.1. The number of phenols is 1. The Kier molecular flexibility index (Phi) is 5.57. The van der Waals surface area contributed by atoms with Gasteiger partial charge in [0.05, 0.1) is 17.1 Å². The second-order valence-corrected chi connectivity index (χ2v) is 6.96. The van der Waals surface area contributed by atoms with Crippen LogP contribution in [0.1, 0.15) is 18.5 Å². The summed E-state index contributed by atoms with van der Waals surface area (Å²) in [6.45, 7) is 1.62. The SMILES string of the molecule is CC(C(=O)N/N=C/c1ccccc1O)n1c(-c2ccccc2)nc2ccccc2c1=O. The summed E-state index contributed by atoms with van der Waals surface area (Å²) >= 11 is 0. The van der Waals surface area contributed by atoms with E-state index < -0.39 is 11.9 Å². The number of nitrogens with zero attached hydrogens (tertiary/aromatic N) is 3. The first kappa shape index (κ1) is 20.0. The Hall–Kier alpha value is -4.26. The van der Waals surface area contributed by atoms with Crippen LogP contribution in [0.5, 0.6) is 5.75 Å². The van der Waals surface area contributed by atoms with Crippen molar-refractivity contribution in [3.63, 3.8) is 0 Å². The molecular formula is C24H20N4O3. The fourth-order valence-corrected chi connectivity index (χ4v) is 3.27. The van der Waals surface area contributed by atoms with E-state index in [1.807, 2.05) is 36.4 Å². The number of carbonyl (C=O) groups is 1. The van der Waals surface area contributed by atoms with E-state index in [1.165, 1.54) is 16.8 Å². The van der Waals surface area contributed by atoms with Crippen molar-refractivity contribution in [2.24, 2.45) is 5.10 Å². The van der Waals surface area contributed by atoms with E-state index >= 15 is 0 Å². The number of hydrogen-bond acceptors (Lipinski definition) is 5. The van der Waals surface area contributed by atoms with Gasteiger partial charge in [-0.15, -0.1) is 0 Å². The summed E-state index contributed by atoms with van der Waals surface area (Å²) < 4.78 is 1.38. The number of benzene rings is 3. The van der Waals surface area contributed by atoms with E-state index in [0.29, 0.717) is 22.3 Å². The third-order valence-corrected chi connectivity index (χ3v) is 4.92. The molecule has 0 saturated carbocycles. The van der Waals surface area contributed by atoms with Crippen molar-refractivity contribution >= 4 is 23.0 Å². The minimum absolute atomic E-state index is 0.0508. The highest BCUT2D eigenvalue weighted by atomic mass is 16.3. The van der Waals surface area contributed by atoms with Crippen molar-refractivity contribution in [3.8, 4) is 17.1 Å². The number of aromatic nitrogens is 2. The van der Waals surface area contributed by atoms with Crippen LogP contribution >= 0.6 is 0 Å². The van der Waals surface area contributed by atoms with Crippen LogP contribution in [0.25, 0.3) is 22.3 Å². The van der Waals surface area contributed by atoms with Crippen LogP contribution in [0.4, 0.5) is 0 Å². The van der Waals surface area contributed by atoms with Crippen molar-refractivity contribution in [1.82, 2.24) is 15.0 Å². The summed E-state index contributed by atoms with van der Waals surface area (Å²) in [5, 5.41) is 14.2. The number of nitrogens with one attached hydrogen (secondary N) is 1. The summed E-state index contributed by atoms with van der Waals surface area (Å²) in [6, 6.07) is 22.1. The minimum atomic E-state index is -0.874. The van der Waals surface area contributed by atoms with Gasteiger partial charge in [0.15, 0.2) is 0 Å². The maximum atomic E-state index is 13.3. The molecule has 2 N–H and O–H groups in total. The topological polar surface area (TPSA) is 96.6 Å². The van der Waals surface area contributed by atoms with Crippen LogP contribution in [-0.2, 0) is 4.79 Å². The number of para-hydroxylation sites is 2. The van der Waals surface area contributed by atoms with Gasteiger partial charge in [0, 0.05) is 11.1 Å². The maximum Gasteiger partial charge on any atom is 0.263 e. The highest BCUT2D eigenvalue weighted by molar-refractivity contribution is 5.87. The molecule has 154 valence electrons. The van der Waals surface area contributed by atoms with Gasteiger partial charge in [-0.3, -0.25) is 14.2 Å². The van der Waals surface area contributed by atoms with Crippen LogP contribution in [-0.4, -0.2) is 26.8 Å².